The van der Waals surface area contributed by atoms with Crippen molar-refractivity contribution >= 4 is 5.91 Å². The van der Waals surface area contributed by atoms with Gasteiger partial charge in [-0.2, -0.15) is 0 Å². The number of nitrogens with one attached hydrogen (secondary N) is 1. The van der Waals surface area contributed by atoms with Gasteiger partial charge in [-0.3, -0.25) is 4.79 Å². The van der Waals surface area contributed by atoms with E-state index in [0.29, 0.717) is 13.1 Å². The van der Waals surface area contributed by atoms with Crippen molar-refractivity contribution in [2.75, 3.05) is 26.7 Å². The van der Waals surface area contributed by atoms with E-state index in [1.807, 2.05) is 24.3 Å². The van der Waals surface area contributed by atoms with Gasteiger partial charge in [0.1, 0.15) is 0 Å². The van der Waals surface area contributed by atoms with Crippen LogP contribution in [0.1, 0.15) is 28.8 Å². The molecule has 0 unspecified atom stereocenters. The zero-order valence-corrected chi connectivity index (χ0v) is 11.6. The topological polar surface area (TPSA) is 58.4 Å². The molecule has 0 spiro atoms. The van der Waals surface area contributed by atoms with Crippen molar-refractivity contribution < 1.29 is 4.79 Å². The average Bonchev–Trinajstić information content (AvgIpc) is 3.24. The molecule has 0 aromatic heterocycles. The van der Waals surface area contributed by atoms with Crippen LogP contribution in [0.4, 0.5) is 0 Å². The van der Waals surface area contributed by atoms with Gasteiger partial charge in [0.05, 0.1) is 0 Å². The first kappa shape index (κ1) is 14.0. The minimum Gasteiger partial charge on any atom is -0.351 e. The third-order valence-corrected chi connectivity index (χ3v) is 3.60. The van der Waals surface area contributed by atoms with Crippen LogP contribution in [0.25, 0.3) is 0 Å². The number of hydrogen-bond acceptors (Lipinski definition) is 3. The van der Waals surface area contributed by atoms with Gasteiger partial charge in [-0.15, -0.1) is 0 Å². The predicted molar refractivity (Wildman–Crippen MR) is 77.2 cm³/mol. The first-order chi connectivity index (χ1) is 9.22. The summed E-state index contributed by atoms with van der Waals surface area (Å²) >= 11 is 0. The van der Waals surface area contributed by atoms with Crippen molar-refractivity contribution in [2.45, 2.75) is 25.3 Å². The molecule has 1 fully saturated rings. The van der Waals surface area contributed by atoms with E-state index in [1.54, 1.807) is 0 Å². The zero-order chi connectivity index (χ0) is 13.7. The lowest BCUT2D eigenvalue weighted by atomic mass is 10.0. The van der Waals surface area contributed by atoms with Crippen molar-refractivity contribution in [1.29, 1.82) is 0 Å². The Hall–Kier alpha value is -1.39. The third kappa shape index (κ3) is 4.04. The molecule has 1 aliphatic rings. The largest absolute Gasteiger partial charge is 0.351 e. The summed E-state index contributed by atoms with van der Waals surface area (Å²) in [6, 6.07) is 8.41. The predicted octanol–water partition coefficient (Wildman–Crippen LogP) is 1.01. The second-order valence-electron chi connectivity index (χ2n) is 5.16. The lowest BCUT2D eigenvalue weighted by molar-refractivity contribution is 0.0948. The Bertz CT molecular complexity index is 429. The molecule has 0 atom stereocenters. The van der Waals surface area contributed by atoms with Gasteiger partial charge < -0.3 is 16.0 Å². The van der Waals surface area contributed by atoms with Crippen LogP contribution >= 0.6 is 0 Å². The first-order valence-electron chi connectivity index (χ1n) is 6.98. The summed E-state index contributed by atoms with van der Waals surface area (Å²) in [6.07, 6.45) is 3.33. The van der Waals surface area contributed by atoms with E-state index in [9.17, 15) is 4.79 Å². The van der Waals surface area contributed by atoms with Crippen LogP contribution in [-0.2, 0) is 6.42 Å². The minimum absolute atomic E-state index is 0.00764. The van der Waals surface area contributed by atoms with Crippen molar-refractivity contribution in [3.8, 4) is 0 Å². The van der Waals surface area contributed by atoms with Gasteiger partial charge in [0.15, 0.2) is 0 Å². The highest BCUT2D eigenvalue weighted by molar-refractivity contribution is 5.95. The second-order valence-corrected chi connectivity index (χ2v) is 5.16. The molecule has 1 saturated carbocycles. The van der Waals surface area contributed by atoms with E-state index in [2.05, 4.69) is 17.3 Å². The van der Waals surface area contributed by atoms with Gasteiger partial charge >= 0.3 is 0 Å². The first-order valence-corrected chi connectivity index (χ1v) is 6.98. The Kier molecular flexibility index (Phi) is 4.93. The van der Waals surface area contributed by atoms with Crippen LogP contribution < -0.4 is 11.1 Å². The van der Waals surface area contributed by atoms with E-state index in [4.69, 9.17) is 5.73 Å². The smallest absolute Gasteiger partial charge is 0.251 e. The Morgan fingerprint density at radius 2 is 2.16 bits per heavy atom. The van der Waals surface area contributed by atoms with Crippen molar-refractivity contribution in [3.63, 3.8) is 0 Å². The lowest BCUT2D eigenvalue weighted by Gasteiger charge is -2.16. The summed E-state index contributed by atoms with van der Waals surface area (Å²) in [7, 11) is 2.12. The van der Waals surface area contributed by atoms with Gasteiger partial charge in [0.25, 0.3) is 5.91 Å². The number of benzene rings is 1. The fourth-order valence-corrected chi connectivity index (χ4v) is 2.25. The minimum atomic E-state index is 0.00764. The lowest BCUT2D eigenvalue weighted by Crippen LogP contribution is -2.34. The SMILES string of the molecule is CN(CCNC(=O)c1ccccc1CCN)C1CC1. The molecule has 0 bridgehead atoms. The summed E-state index contributed by atoms with van der Waals surface area (Å²) < 4.78 is 0. The fourth-order valence-electron chi connectivity index (χ4n) is 2.25. The monoisotopic (exact) mass is 261 g/mol. The van der Waals surface area contributed by atoms with E-state index in [0.717, 1.165) is 30.1 Å². The number of hydrogen-bond donors (Lipinski definition) is 2. The fraction of sp³-hybridized carbons (Fsp3) is 0.533. The normalized spacial score (nSPS) is 14.7. The van der Waals surface area contributed by atoms with Crippen molar-refractivity contribution in [3.05, 3.63) is 35.4 Å². The highest BCUT2D eigenvalue weighted by Gasteiger charge is 2.25. The molecule has 104 valence electrons. The molecule has 1 aromatic carbocycles. The van der Waals surface area contributed by atoms with Crippen LogP contribution in [0.3, 0.4) is 0 Å². The van der Waals surface area contributed by atoms with Crippen LogP contribution in [0.15, 0.2) is 24.3 Å². The quantitative estimate of drug-likeness (QED) is 0.770. The molecule has 19 heavy (non-hydrogen) atoms. The summed E-state index contributed by atoms with van der Waals surface area (Å²) in [5, 5.41) is 2.99. The maximum Gasteiger partial charge on any atom is 0.251 e. The molecule has 1 amide bonds. The van der Waals surface area contributed by atoms with E-state index < -0.39 is 0 Å². The average molecular weight is 261 g/mol. The number of carbonyl (C=O) groups excluding carboxylic acids is 1. The number of nitrogens with zero attached hydrogens (tertiary/aromatic N) is 1. The Morgan fingerprint density at radius 1 is 1.42 bits per heavy atom. The van der Waals surface area contributed by atoms with Gasteiger partial charge in [-0.1, -0.05) is 18.2 Å². The molecular weight excluding hydrogens is 238 g/mol. The van der Waals surface area contributed by atoms with E-state index >= 15 is 0 Å². The second kappa shape index (κ2) is 6.68. The molecule has 0 saturated heterocycles. The summed E-state index contributed by atoms with van der Waals surface area (Å²) in [4.78, 5) is 14.4. The van der Waals surface area contributed by atoms with Crippen molar-refractivity contribution in [1.82, 2.24) is 10.2 Å². The zero-order valence-electron chi connectivity index (χ0n) is 11.6. The van der Waals surface area contributed by atoms with Gasteiger partial charge in [0.2, 0.25) is 0 Å². The Labute approximate surface area is 115 Å². The molecule has 0 radical (unpaired) electrons. The maximum atomic E-state index is 12.1. The number of amides is 1. The molecule has 3 N–H and O–H groups in total. The van der Waals surface area contributed by atoms with E-state index in [-0.39, 0.29) is 5.91 Å². The van der Waals surface area contributed by atoms with Gasteiger partial charge in [-0.25, -0.2) is 0 Å². The summed E-state index contributed by atoms with van der Waals surface area (Å²) in [6.45, 7) is 2.17. The molecule has 0 heterocycles. The molecule has 4 heteroatoms. The number of rotatable bonds is 7. The molecule has 1 aliphatic carbocycles. The number of carbonyl (C=O) groups is 1. The van der Waals surface area contributed by atoms with Crippen LogP contribution in [-0.4, -0.2) is 43.5 Å². The molecule has 2 rings (SSSR count). The van der Waals surface area contributed by atoms with Gasteiger partial charge in [0, 0.05) is 24.7 Å². The number of nitrogens with two attached hydrogens (primary N) is 1. The highest BCUT2D eigenvalue weighted by Crippen LogP contribution is 2.24. The van der Waals surface area contributed by atoms with Gasteiger partial charge in [-0.05, 0) is 44.5 Å². The van der Waals surface area contributed by atoms with Crippen LogP contribution in [0, 0.1) is 0 Å². The van der Waals surface area contributed by atoms with Crippen molar-refractivity contribution in [2.24, 2.45) is 5.73 Å². The third-order valence-electron chi connectivity index (χ3n) is 3.60. The maximum absolute atomic E-state index is 12.1. The Morgan fingerprint density at radius 3 is 2.84 bits per heavy atom. The number of likely N-dealkylation sites (N-methyl/N-ethyl adjacent to an activating group) is 1. The molecule has 4 nitrogen and oxygen atoms in total. The summed E-state index contributed by atoms with van der Waals surface area (Å²) in [5.41, 5.74) is 7.35. The standard InChI is InChI=1S/C15H23N3O/c1-18(13-6-7-13)11-10-17-15(19)14-5-3-2-4-12(14)8-9-16/h2-5,13H,6-11,16H2,1H3,(H,17,19). The molecule has 1 aromatic rings. The van der Waals surface area contributed by atoms with Crippen LogP contribution in [0.2, 0.25) is 0 Å². The highest BCUT2D eigenvalue weighted by atomic mass is 16.1. The molecule has 0 aliphatic heterocycles. The summed E-state index contributed by atoms with van der Waals surface area (Å²) in [5.74, 6) is 0.00764. The Balaban J connectivity index is 1.84. The molecular formula is C15H23N3O. The van der Waals surface area contributed by atoms with E-state index in [1.165, 1.54) is 12.8 Å². The van der Waals surface area contributed by atoms with Crippen LogP contribution in [0.5, 0.6) is 0 Å².